The van der Waals surface area contributed by atoms with Crippen LogP contribution < -0.4 is 0 Å². The Labute approximate surface area is 162 Å². The van der Waals surface area contributed by atoms with Crippen LogP contribution >= 0.6 is 11.3 Å². The van der Waals surface area contributed by atoms with Crippen molar-refractivity contribution >= 4 is 31.5 Å². The summed E-state index contributed by atoms with van der Waals surface area (Å²) in [6, 6.07) is 12.2. The number of hydrogen-bond donors (Lipinski definition) is 0. The van der Waals surface area contributed by atoms with Gasteiger partial charge in [0.15, 0.2) is 0 Å². The minimum absolute atomic E-state index is 0.277. The highest BCUT2D eigenvalue weighted by atomic mass is 32.1. The Morgan fingerprint density at radius 3 is 2.00 bits per heavy atom. The van der Waals surface area contributed by atoms with Crippen molar-refractivity contribution < 1.29 is 0 Å². The molecule has 138 valence electrons. The molecule has 0 bridgehead atoms. The summed E-state index contributed by atoms with van der Waals surface area (Å²) >= 11 is 1.98. The summed E-state index contributed by atoms with van der Waals surface area (Å²) in [5.41, 5.74) is 5.49. The summed E-state index contributed by atoms with van der Waals surface area (Å²) in [4.78, 5) is 0. The Hall–Kier alpha value is -1.34. The summed E-state index contributed by atoms with van der Waals surface area (Å²) < 4.78 is 2.90. The molecule has 0 spiro atoms. The maximum atomic E-state index is 2.52. The number of hydrogen-bond acceptors (Lipinski definition) is 1. The quantitative estimate of drug-likeness (QED) is 0.410. The van der Waals surface area contributed by atoms with E-state index in [1.54, 1.807) is 11.1 Å². The maximum Gasteiger partial charge on any atom is 0.0358 e. The zero-order valence-electron chi connectivity index (χ0n) is 17.4. The molecular weight excluding hydrogens is 332 g/mol. The second kappa shape index (κ2) is 5.58. The predicted molar refractivity (Wildman–Crippen MR) is 118 cm³/mol. The second-order valence-electron chi connectivity index (χ2n) is 10.8. The largest absolute Gasteiger partial charge is 0.135 e. The minimum Gasteiger partial charge on any atom is -0.135 e. The highest BCUT2D eigenvalue weighted by Crippen LogP contribution is 2.49. The fourth-order valence-electron chi connectivity index (χ4n) is 4.60. The zero-order valence-corrected chi connectivity index (χ0v) is 18.2. The van der Waals surface area contributed by atoms with Crippen LogP contribution in [0.4, 0.5) is 0 Å². The molecule has 4 rings (SSSR count). The van der Waals surface area contributed by atoms with E-state index in [4.69, 9.17) is 0 Å². The smallest absolute Gasteiger partial charge is 0.0358 e. The highest BCUT2D eigenvalue weighted by Gasteiger charge is 2.37. The van der Waals surface area contributed by atoms with Crippen LogP contribution in [0.5, 0.6) is 0 Å². The molecule has 1 aromatic heterocycles. The SMILES string of the molecule is CC(C)(C)Cc1ccc2c(c1)sc1cc3c(cc12)C(C)(C)CCC3(C)C. The van der Waals surface area contributed by atoms with Gasteiger partial charge in [0, 0.05) is 20.2 Å². The molecule has 0 aliphatic heterocycles. The van der Waals surface area contributed by atoms with E-state index in [1.807, 2.05) is 11.3 Å². The van der Waals surface area contributed by atoms with Crippen molar-refractivity contribution in [2.75, 3.05) is 0 Å². The van der Waals surface area contributed by atoms with E-state index >= 15 is 0 Å². The lowest BCUT2D eigenvalue weighted by Gasteiger charge is -2.41. The van der Waals surface area contributed by atoms with Crippen LogP contribution in [0.1, 0.15) is 78.0 Å². The summed E-state index contributed by atoms with van der Waals surface area (Å²) in [5, 5.41) is 2.89. The Morgan fingerprint density at radius 1 is 0.808 bits per heavy atom. The number of benzene rings is 2. The molecule has 0 atom stereocenters. The van der Waals surface area contributed by atoms with E-state index in [2.05, 4.69) is 78.8 Å². The molecule has 1 aliphatic rings. The third-order valence-corrected chi connectivity index (χ3v) is 7.36. The average molecular weight is 365 g/mol. The molecule has 0 saturated heterocycles. The monoisotopic (exact) mass is 364 g/mol. The lowest BCUT2D eigenvalue weighted by atomic mass is 9.63. The van der Waals surface area contributed by atoms with Gasteiger partial charge in [-0.25, -0.2) is 0 Å². The third-order valence-electron chi connectivity index (χ3n) is 6.24. The molecule has 3 aromatic rings. The maximum absolute atomic E-state index is 2.52. The number of rotatable bonds is 1. The molecule has 0 N–H and O–H groups in total. The van der Waals surface area contributed by atoms with Gasteiger partial charge in [-0.15, -0.1) is 11.3 Å². The van der Waals surface area contributed by atoms with E-state index in [0.717, 1.165) is 6.42 Å². The van der Waals surface area contributed by atoms with Gasteiger partial charge in [0.25, 0.3) is 0 Å². The van der Waals surface area contributed by atoms with Crippen molar-refractivity contribution in [2.45, 2.75) is 78.6 Å². The Bertz CT molecular complexity index is 992. The summed E-state index contributed by atoms with van der Waals surface area (Å²) in [7, 11) is 0. The number of fused-ring (bicyclic) bond motifs is 4. The first-order chi connectivity index (χ1) is 12.0. The van der Waals surface area contributed by atoms with Gasteiger partial charge in [-0.2, -0.15) is 0 Å². The van der Waals surface area contributed by atoms with Gasteiger partial charge < -0.3 is 0 Å². The van der Waals surface area contributed by atoms with Gasteiger partial charge in [0.2, 0.25) is 0 Å². The molecule has 0 fully saturated rings. The lowest BCUT2D eigenvalue weighted by Crippen LogP contribution is -2.33. The molecule has 1 heterocycles. The normalized spacial score (nSPS) is 19.0. The summed E-state index contributed by atoms with van der Waals surface area (Å²) in [5.74, 6) is 0. The van der Waals surface area contributed by atoms with Crippen LogP contribution in [-0.4, -0.2) is 0 Å². The van der Waals surface area contributed by atoms with Gasteiger partial charge in [-0.3, -0.25) is 0 Å². The van der Waals surface area contributed by atoms with Crippen LogP contribution in [0.15, 0.2) is 30.3 Å². The highest BCUT2D eigenvalue weighted by molar-refractivity contribution is 7.25. The first kappa shape index (κ1) is 18.0. The fraction of sp³-hybridized carbons (Fsp3) is 0.520. The van der Waals surface area contributed by atoms with Gasteiger partial charge in [-0.05, 0) is 70.4 Å². The lowest BCUT2D eigenvalue weighted by molar-refractivity contribution is 0.332. The summed E-state index contributed by atoms with van der Waals surface area (Å²) in [6.45, 7) is 16.6. The Morgan fingerprint density at radius 2 is 1.38 bits per heavy atom. The standard InChI is InChI=1S/C25H32S/c1-23(2,3)15-16-8-9-17-18-13-19-20(14-22(18)26-21(17)12-16)25(6,7)11-10-24(19,4)5/h8-9,12-14H,10-11,15H2,1-7H3. The van der Waals surface area contributed by atoms with Crippen molar-refractivity contribution in [2.24, 2.45) is 5.41 Å². The number of thiophene rings is 1. The second-order valence-corrected chi connectivity index (χ2v) is 11.9. The van der Waals surface area contributed by atoms with Crippen molar-refractivity contribution in [3.8, 4) is 0 Å². The van der Waals surface area contributed by atoms with Crippen molar-refractivity contribution in [3.05, 3.63) is 47.0 Å². The molecule has 0 nitrogen and oxygen atoms in total. The van der Waals surface area contributed by atoms with Crippen molar-refractivity contribution in [3.63, 3.8) is 0 Å². The van der Waals surface area contributed by atoms with Gasteiger partial charge in [-0.1, -0.05) is 60.6 Å². The molecule has 1 aliphatic carbocycles. The van der Waals surface area contributed by atoms with Gasteiger partial charge in [0.05, 0.1) is 0 Å². The van der Waals surface area contributed by atoms with Crippen molar-refractivity contribution in [1.29, 1.82) is 0 Å². The van der Waals surface area contributed by atoms with Crippen LogP contribution in [0.25, 0.3) is 20.2 Å². The molecule has 1 heteroatoms. The first-order valence-corrected chi connectivity index (χ1v) is 10.8. The molecule has 0 amide bonds. The topological polar surface area (TPSA) is 0 Å². The Balaban J connectivity index is 1.93. The van der Waals surface area contributed by atoms with E-state index in [9.17, 15) is 0 Å². The fourth-order valence-corrected chi connectivity index (χ4v) is 5.79. The van der Waals surface area contributed by atoms with Gasteiger partial charge >= 0.3 is 0 Å². The van der Waals surface area contributed by atoms with Crippen LogP contribution in [0, 0.1) is 5.41 Å². The minimum atomic E-state index is 0.277. The van der Waals surface area contributed by atoms with Crippen LogP contribution in [0.2, 0.25) is 0 Å². The van der Waals surface area contributed by atoms with E-state index in [1.165, 1.54) is 38.6 Å². The van der Waals surface area contributed by atoms with Crippen LogP contribution in [-0.2, 0) is 17.3 Å². The molecule has 0 unspecified atom stereocenters. The van der Waals surface area contributed by atoms with Gasteiger partial charge in [0.1, 0.15) is 0 Å². The average Bonchev–Trinajstić information content (AvgIpc) is 2.86. The molecule has 0 radical (unpaired) electrons. The van der Waals surface area contributed by atoms with E-state index < -0.39 is 0 Å². The van der Waals surface area contributed by atoms with Crippen LogP contribution in [0.3, 0.4) is 0 Å². The Kier molecular flexibility index (Phi) is 3.87. The summed E-state index contributed by atoms with van der Waals surface area (Å²) in [6.07, 6.45) is 3.68. The molecular formula is C25H32S. The molecule has 2 aromatic carbocycles. The molecule has 0 saturated carbocycles. The van der Waals surface area contributed by atoms with Crippen molar-refractivity contribution in [1.82, 2.24) is 0 Å². The third kappa shape index (κ3) is 2.99. The first-order valence-electron chi connectivity index (χ1n) is 9.97. The zero-order chi connectivity index (χ0) is 18.9. The molecule has 26 heavy (non-hydrogen) atoms. The van der Waals surface area contributed by atoms with E-state index in [-0.39, 0.29) is 10.8 Å². The predicted octanol–water partition coefficient (Wildman–Crippen LogP) is 7.99. The van der Waals surface area contributed by atoms with E-state index in [0.29, 0.717) is 5.41 Å².